The molecule has 108 valence electrons. The lowest BCUT2D eigenvalue weighted by Crippen LogP contribution is -2.49. The lowest BCUT2D eigenvalue weighted by atomic mass is 9.93. The van der Waals surface area contributed by atoms with Crippen LogP contribution in [0.1, 0.15) is 24.5 Å². The number of carbonyl (C=O) groups is 2. The molecule has 20 heavy (non-hydrogen) atoms. The Morgan fingerprint density at radius 1 is 1.40 bits per heavy atom. The summed E-state index contributed by atoms with van der Waals surface area (Å²) in [5, 5.41) is 9.35. The van der Waals surface area contributed by atoms with Gasteiger partial charge >= 0.3 is 5.97 Å². The smallest absolute Gasteiger partial charge is 0.326 e. The van der Waals surface area contributed by atoms with E-state index < -0.39 is 12.0 Å². The van der Waals surface area contributed by atoms with Gasteiger partial charge in [0.1, 0.15) is 6.04 Å². The van der Waals surface area contributed by atoms with E-state index in [1.54, 1.807) is 6.92 Å². The molecule has 0 aromatic heterocycles. The van der Waals surface area contributed by atoms with Crippen molar-refractivity contribution in [2.45, 2.75) is 38.5 Å². The molecule has 0 aliphatic carbocycles. The molecule has 0 saturated heterocycles. The van der Waals surface area contributed by atoms with E-state index in [2.05, 4.69) is 0 Å². The first-order valence-electron chi connectivity index (χ1n) is 6.64. The second-order valence-electron chi connectivity index (χ2n) is 5.10. The largest absolute Gasteiger partial charge is 0.480 e. The minimum Gasteiger partial charge on any atom is -0.480 e. The molecule has 5 nitrogen and oxygen atoms in total. The summed E-state index contributed by atoms with van der Waals surface area (Å²) in [5.74, 6) is -1.14. The van der Waals surface area contributed by atoms with Crippen molar-refractivity contribution in [3.8, 4) is 0 Å². The Morgan fingerprint density at radius 3 is 2.65 bits per heavy atom. The molecule has 2 atom stereocenters. The highest BCUT2D eigenvalue weighted by atomic mass is 16.5. The molecule has 0 unspecified atom stereocenters. The SMILES string of the molecule is CO[C@@H](C)CC(=O)N1Cc2ccccc2C[C@@H]1C(=O)O. The van der Waals surface area contributed by atoms with Gasteiger partial charge in [0.25, 0.3) is 0 Å². The molecule has 2 rings (SSSR count). The van der Waals surface area contributed by atoms with Crippen molar-refractivity contribution < 1.29 is 19.4 Å². The number of hydrogen-bond acceptors (Lipinski definition) is 3. The predicted molar refractivity (Wildman–Crippen MR) is 73.2 cm³/mol. The van der Waals surface area contributed by atoms with E-state index in [1.165, 1.54) is 12.0 Å². The van der Waals surface area contributed by atoms with Gasteiger partial charge in [0, 0.05) is 20.1 Å². The molecule has 1 aliphatic heterocycles. The van der Waals surface area contributed by atoms with Crippen molar-refractivity contribution in [2.75, 3.05) is 7.11 Å². The maximum Gasteiger partial charge on any atom is 0.326 e. The zero-order valence-corrected chi connectivity index (χ0v) is 11.7. The van der Waals surface area contributed by atoms with Crippen molar-refractivity contribution >= 4 is 11.9 Å². The zero-order valence-electron chi connectivity index (χ0n) is 11.7. The Balaban J connectivity index is 2.22. The first kappa shape index (κ1) is 14.5. The molecule has 1 N–H and O–H groups in total. The van der Waals surface area contributed by atoms with Gasteiger partial charge in [0.05, 0.1) is 12.5 Å². The molecule has 1 aromatic carbocycles. The summed E-state index contributed by atoms with van der Waals surface area (Å²) in [6.45, 7) is 2.15. The average Bonchev–Trinajstić information content (AvgIpc) is 2.45. The molecule has 1 aromatic rings. The van der Waals surface area contributed by atoms with Gasteiger partial charge in [-0.25, -0.2) is 4.79 Å². The number of methoxy groups -OCH3 is 1. The van der Waals surface area contributed by atoms with Crippen molar-refractivity contribution in [1.82, 2.24) is 4.90 Å². The third-order valence-electron chi connectivity index (χ3n) is 3.72. The van der Waals surface area contributed by atoms with Crippen LogP contribution in [0.4, 0.5) is 0 Å². The van der Waals surface area contributed by atoms with Crippen molar-refractivity contribution in [1.29, 1.82) is 0 Å². The van der Waals surface area contributed by atoms with E-state index in [0.29, 0.717) is 13.0 Å². The van der Waals surface area contributed by atoms with Crippen LogP contribution in [0.15, 0.2) is 24.3 Å². The molecule has 1 heterocycles. The van der Waals surface area contributed by atoms with Crippen LogP contribution in [0, 0.1) is 0 Å². The van der Waals surface area contributed by atoms with E-state index in [-0.39, 0.29) is 18.4 Å². The number of carboxylic acids is 1. The normalized spacial score (nSPS) is 19.3. The van der Waals surface area contributed by atoms with Crippen molar-refractivity contribution in [3.63, 3.8) is 0 Å². The molecular formula is C15H19NO4. The van der Waals surface area contributed by atoms with Gasteiger partial charge in [-0.3, -0.25) is 4.79 Å². The summed E-state index contributed by atoms with van der Waals surface area (Å²) < 4.78 is 5.08. The molecule has 1 aliphatic rings. The van der Waals surface area contributed by atoms with E-state index in [0.717, 1.165) is 11.1 Å². The number of carboxylic acid groups (broad SMARTS) is 1. The maximum absolute atomic E-state index is 12.3. The predicted octanol–water partition coefficient (Wildman–Crippen LogP) is 1.45. The first-order chi connectivity index (χ1) is 9.52. The fourth-order valence-corrected chi connectivity index (χ4v) is 2.45. The van der Waals surface area contributed by atoms with Gasteiger partial charge in [-0.15, -0.1) is 0 Å². The van der Waals surface area contributed by atoms with E-state index in [9.17, 15) is 14.7 Å². The molecule has 0 radical (unpaired) electrons. The van der Waals surface area contributed by atoms with Crippen LogP contribution in [-0.4, -0.2) is 41.1 Å². The minimum absolute atomic E-state index is 0.179. The third-order valence-corrected chi connectivity index (χ3v) is 3.72. The fourth-order valence-electron chi connectivity index (χ4n) is 2.45. The van der Waals surface area contributed by atoms with Crippen LogP contribution in [0.5, 0.6) is 0 Å². The Morgan fingerprint density at radius 2 is 2.05 bits per heavy atom. The van der Waals surface area contributed by atoms with Crippen LogP contribution < -0.4 is 0 Å². The van der Waals surface area contributed by atoms with Gasteiger partial charge < -0.3 is 14.7 Å². The zero-order chi connectivity index (χ0) is 14.7. The van der Waals surface area contributed by atoms with Crippen LogP contribution >= 0.6 is 0 Å². The number of aliphatic carboxylic acids is 1. The second-order valence-corrected chi connectivity index (χ2v) is 5.10. The molecular weight excluding hydrogens is 258 g/mol. The Bertz CT molecular complexity index is 514. The number of benzene rings is 1. The average molecular weight is 277 g/mol. The van der Waals surface area contributed by atoms with Gasteiger partial charge in [-0.05, 0) is 18.1 Å². The molecule has 0 saturated carbocycles. The topological polar surface area (TPSA) is 66.8 Å². The Kier molecular flexibility index (Phi) is 4.39. The van der Waals surface area contributed by atoms with E-state index in [4.69, 9.17) is 4.74 Å². The number of rotatable bonds is 4. The highest BCUT2D eigenvalue weighted by molar-refractivity contribution is 5.84. The first-order valence-corrected chi connectivity index (χ1v) is 6.64. The van der Waals surface area contributed by atoms with Crippen molar-refractivity contribution in [3.05, 3.63) is 35.4 Å². The van der Waals surface area contributed by atoms with Gasteiger partial charge in [-0.1, -0.05) is 24.3 Å². The summed E-state index contributed by atoms with van der Waals surface area (Å²) in [7, 11) is 1.54. The molecule has 0 bridgehead atoms. The number of amides is 1. The lowest BCUT2D eigenvalue weighted by Gasteiger charge is -2.35. The Hall–Kier alpha value is -1.88. The summed E-state index contributed by atoms with van der Waals surface area (Å²) >= 11 is 0. The number of fused-ring (bicyclic) bond motifs is 1. The quantitative estimate of drug-likeness (QED) is 0.904. The number of hydrogen-bond donors (Lipinski definition) is 1. The van der Waals surface area contributed by atoms with Crippen LogP contribution in [0.2, 0.25) is 0 Å². The summed E-state index contributed by atoms with van der Waals surface area (Å²) in [5.41, 5.74) is 2.02. The summed E-state index contributed by atoms with van der Waals surface area (Å²) in [4.78, 5) is 25.1. The second kappa shape index (κ2) is 6.05. The van der Waals surface area contributed by atoms with Crippen molar-refractivity contribution in [2.24, 2.45) is 0 Å². The highest BCUT2D eigenvalue weighted by Crippen LogP contribution is 2.24. The number of carbonyl (C=O) groups excluding carboxylic acids is 1. The van der Waals surface area contributed by atoms with Gasteiger partial charge in [0.15, 0.2) is 0 Å². The maximum atomic E-state index is 12.3. The van der Waals surface area contributed by atoms with Crippen LogP contribution in [0.3, 0.4) is 0 Å². The van der Waals surface area contributed by atoms with Crippen LogP contribution in [-0.2, 0) is 27.3 Å². The third kappa shape index (κ3) is 2.99. The fraction of sp³-hybridized carbons (Fsp3) is 0.467. The van der Waals surface area contributed by atoms with E-state index >= 15 is 0 Å². The molecule has 5 heteroatoms. The highest BCUT2D eigenvalue weighted by Gasteiger charge is 2.34. The molecule has 1 amide bonds. The van der Waals surface area contributed by atoms with Gasteiger partial charge in [-0.2, -0.15) is 0 Å². The standard InChI is InChI=1S/C15H19NO4/c1-10(20-2)7-14(17)16-9-12-6-4-3-5-11(12)8-13(16)15(18)19/h3-6,10,13H,7-9H2,1-2H3,(H,18,19)/t10-,13+/m0/s1. The number of ether oxygens (including phenoxy) is 1. The Labute approximate surface area is 118 Å². The lowest BCUT2D eigenvalue weighted by molar-refractivity contribution is -0.152. The van der Waals surface area contributed by atoms with Crippen LogP contribution in [0.25, 0.3) is 0 Å². The number of nitrogens with zero attached hydrogens (tertiary/aromatic N) is 1. The van der Waals surface area contributed by atoms with E-state index in [1.807, 2.05) is 24.3 Å². The van der Waals surface area contributed by atoms with Gasteiger partial charge in [0.2, 0.25) is 5.91 Å². The monoisotopic (exact) mass is 277 g/mol. The summed E-state index contributed by atoms with van der Waals surface area (Å²) in [6, 6.07) is 6.86. The molecule has 0 spiro atoms. The molecule has 0 fully saturated rings. The summed E-state index contributed by atoms with van der Waals surface area (Å²) in [6.07, 6.45) is 0.343. The minimum atomic E-state index is -0.960.